The van der Waals surface area contributed by atoms with Gasteiger partial charge in [-0.25, -0.2) is 9.80 Å². The lowest BCUT2D eigenvalue weighted by atomic mass is 10.4. The third kappa shape index (κ3) is 10.8. The summed E-state index contributed by atoms with van der Waals surface area (Å²) in [6, 6.07) is 0. The standard InChI is InChI=1S/2C9H16N2O2.H2O4S/c2*1-2-11(4-9-6-13-9)7-10(1)3-8-5-12-8;1-5(2,3)4/h2*8-9H,1-7H2;(H2,1,2,3,4). The Labute approximate surface area is 183 Å². The van der Waals surface area contributed by atoms with E-state index in [4.69, 9.17) is 36.5 Å². The average molecular weight is 467 g/mol. The number of hydrogen-bond acceptors (Lipinski definition) is 10. The van der Waals surface area contributed by atoms with E-state index in [2.05, 4.69) is 9.80 Å². The second-order valence-electron chi connectivity index (χ2n) is 9.11. The minimum Gasteiger partial charge on any atom is -0.759 e. The first-order chi connectivity index (χ1) is 14.8. The summed E-state index contributed by atoms with van der Waals surface area (Å²) in [5.74, 6) is 0. The Bertz CT molecular complexity index is 579. The van der Waals surface area contributed by atoms with Crippen LogP contribution in [-0.2, 0) is 29.3 Å². The Morgan fingerprint density at radius 2 is 1.03 bits per heavy atom. The van der Waals surface area contributed by atoms with Crippen LogP contribution in [0.3, 0.4) is 0 Å². The fourth-order valence-electron chi connectivity index (χ4n) is 4.16. The average Bonchev–Trinajstić information content (AvgIpc) is 3.48. The van der Waals surface area contributed by atoms with E-state index in [0.717, 1.165) is 39.5 Å². The number of nitrogens with one attached hydrogen (secondary N) is 2. The number of ether oxygens (including phenoxy) is 4. The predicted molar refractivity (Wildman–Crippen MR) is 104 cm³/mol. The van der Waals surface area contributed by atoms with Crippen LogP contribution in [0.25, 0.3) is 0 Å². The van der Waals surface area contributed by atoms with E-state index in [1.165, 1.54) is 52.6 Å². The van der Waals surface area contributed by atoms with Crippen LogP contribution in [0.5, 0.6) is 0 Å². The van der Waals surface area contributed by atoms with Crippen LogP contribution >= 0.6 is 0 Å². The van der Waals surface area contributed by atoms with Crippen LogP contribution in [0, 0.1) is 0 Å². The lowest BCUT2D eigenvalue weighted by molar-refractivity contribution is -0.892. The van der Waals surface area contributed by atoms with Gasteiger partial charge in [-0.15, -0.1) is 0 Å². The molecule has 0 aromatic carbocycles. The number of nitrogens with zero attached hydrogens (tertiary/aromatic N) is 2. The van der Waals surface area contributed by atoms with Crippen molar-refractivity contribution >= 4 is 10.4 Å². The third-order valence-electron chi connectivity index (χ3n) is 6.02. The lowest BCUT2D eigenvalue weighted by Gasteiger charge is -2.13. The molecule has 180 valence electrons. The van der Waals surface area contributed by atoms with E-state index in [-0.39, 0.29) is 0 Å². The van der Waals surface area contributed by atoms with Gasteiger partial charge in [-0.3, -0.25) is 8.42 Å². The third-order valence-corrected chi connectivity index (χ3v) is 6.02. The van der Waals surface area contributed by atoms with Gasteiger partial charge in [0.15, 0.2) is 0 Å². The highest BCUT2D eigenvalue weighted by molar-refractivity contribution is 7.79. The zero-order valence-corrected chi connectivity index (χ0v) is 18.6. The first-order valence-electron chi connectivity index (χ1n) is 11.0. The molecule has 6 heterocycles. The highest BCUT2D eigenvalue weighted by Crippen LogP contribution is 2.12. The van der Waals surface area contributed by atoms with Gasteiger partial charge in [-0.1, -0.05) is 0 Å². The SMILES string of the molecule is C1OC1CN1CC[NH+](CC2CO2)C1.C1OC1CN1CC[NH+](CC2CO2)C1.O=S(=O)([O-])[O-]. The van der Waals surface area contributed by atoms with E-state index in [0.29, 0.717) is 24.4 Å². The summed E-state index contributed by atoms with van der Waals surface area (Å²) in [5.41, 5.74) is 0. The molecule has 6 fully saturated rings. The maximum Gasteiger partial charge on any atom is 0.133 e. The van der Waals surface area contributed by atoms with Crippen LogP contribution < -0.4 is 9.80 Å². The molecule has 0 amide bonds. The van der Waals surface area contributed by atoms with Crippen molar-refractivity contribution in [2.75, 3.05) is 92.1 Å². The summed E-state index contributed by atoms with van der Waals surface area (Å²) in [7, 11) is -5.17. The van der Waals surface area contributed by atoms with E-state index < -0.39 is 10.4 Å². The summed E-state index contributed by atoms with van der Waals surface area (Å²) in [4.78, 5) is 8.39. The summed E-state index contributed by atoms with van der Waals surface area (Å²) in [6.07, 6.45) is 2.26. The zero-order valence-electron chi connectivity index (χ0n) is 17.8. The second kappa shape index (κ2) is 10.7. The molecule has 6 aliphatic heterocycles. The van der Waals surface area contributed by atoms with Gasteiger partial charge in [0.2, 0.25) is 0 Å². The molecule has 6 atom stereocenters. The molecule has 0 aromatic rings. The van der Waals surface area contributed by atoms with Gasteiger partial charge >= 0.3 is 0 Å². The van der Waals surface area contributed by atoms with Crippen molar-refractivity contribution in [1.29, 1.82) is 0 Å². The molecule has 6 saturated heterocycles. The number of hydrogen-bond donors (Lipinski definition) is 2. The Balaban J connectivity index is 0.000000124. The molecule has 0 saturated carbocycles. The number of rotatable bonds is 8. The number of quaternary nitrogens is 2. The molecule has 31 heavy (non-hydrogen) atoms. The fourth-order valence-corrected chi connectivity index (χ4v) is 4.16. The molecule has 2 N–H and O–H groups in total. The van der Waals surface area contributed by atoms with Crippen LogP contribution in [0.2, 0.25) is 0 Å². The van der Waals surface area contributed by atoms with Gasteiger partial charge in [0.1, 0.15) is 38.6 Å². The van der Waals surface area contributed by atoms with Crippen LogP contribution in [0.1, 0.15) is 0 Å². The molecule has 0 bridgehead atoms. The monoisotopic (exact) mass is 466 g/mol. The van der Waals surface area contributed by atoms with Crippen molar-refractivity contribution in [2.24, 2.45) is 0 Å². The molecule has 13 heteroatoms. The minimum atomic E-state index is -5.17. The van der Waals surface area contributed by atoms with Gasteiger partial charge in [-0.2, -0.15) is 0 Å². The molecule has 0 aliphatic carbocycles. The summed E-state index contributed by atoms with van der Waals surface area (Å²) in [5, 5.41) is 0. The molecule has 0 spiro atoms. The maximum absolute atomic E-state index is 8.52. The van der Waals surface area contributed by atoms with Crippen molar-refractivity contribution in [2.45, 2.75) is 24.4 Å². The van der Waals surface area contributed by atoms with Crippen molar-refractivity contribution < 1.29 is 46.3 Å². The predicted octanol–water partition coefficient (Wildman–Crippen LogP) is -5.45. The molecule has 6 aliphatic rings. The van der Waals surface area contributed by atoms with E-state index in [1.807, 2.05) is 0 Å². The molecule has 0 radical (unpaired) electrons. The van der Waals surface area contributed by atoms with E-state index >= 15 is 0 Å². The first kappa shape index (κ1) is 23.7. The number of epoxide rings is 4. The van der Waals surface area contributed by atoms with Gasteiger partial charge in [0, 0.05) is 23.5 Å². The normalized spacial score (nSPS) is 38.6. The van der Waals surface area contributed by atoms with Crippen LogP contribution in [0.4, 0.5) is 0 Å². The first-order valence-corrected chi connectivity index (χ1v) is 12.4. The molecule has 6 unspecified atom stereocenters. The van der Waals surface area contributed by atoms with Gasteiger partial charge in [0.25, 0.3) is 0 Å². The van der Waals surface area contributed by atoms with E-state index in [1.54, 1.807) is 9.80 Å². The van der Waals surface area contributed by atoms with Crippen molar-refractivity contribution in [1.82, 2.24) is 9.80 Å². The highest BCUT2D eigenvalue weighted by Gasteiger charge is 2.36. The topological polar surface area (TPSA) is 146 Å². The van der Waals surface area contributed by atoms with Crippen molar-refractivity contribution in [3.05, 3.63) is 0 Å². The van der Waals surface area contributed by atoms with Gasteiger partial charge < -0.3 is 37.9 Å². The molecular formula is C18H34N4O8S. The Kier molecular flexibility index (Phi) is 8.14. The molecule has 12 nitrogen and oxygen atoms in total. The molecule has 6 rings (SSSR count). The van der Waals surface area contributed by atoms with Crippen LogP contribution in [0.15, 0.2) is 0 Å². The zero-order chi connectivity index (χ0) is 21.8. The maximum atomic E-state index is 8.52. The van der Waals surface area contributed by atoms with Crippen molar-refractivity contribution in [3.8, 4) is 0 Å². The Morgan fingerprint density at radius 1 is 0.710 bits per heavy atom. The Morgan fingerprint density at radius 3 is 1.32 bits per heavy atom. The second-order valence-corrected chi connectivity index (χ2v) is 9.92. The van der Waals surface area contributed by atoms with Crippen molar-refractivity contribution in [3.63, 3.8) is 0 Å². The summed E-state index contributed by atoms with van der Waals surface area (Å²) < 4.78 is 55.0. The van der Waals surface area contributed by atoms with E-state index in [9.17, 15) is 0 Å². The molecular weight excluding hydrogens is 432 g/mol. The quantitative estimate of drug-likeness (QED) is 0.202. The Hall–Kier alpha value is -0.450. The van der Waals surface area contributed by atoms with Crippen LogP contribution in [-0.4, -0.2) is 144 Å². The minimum absolute atomic E-state index is 0.552. The largest absolute Gasteiger partial charge is 0.759 e. The summed E-state index contributed by atoms with van der Waals surface area (Å²) >= 11 is 0. The smallest absolute Gasteiger partial charge is 0.133 e. The lowest BCUT2D eigenvalue weighted by Crippen LogP contribution is -3.11. The van der Waals surface area contributed by atoms with Gasteiger partial charge in [-0.05, 0) is 0 Å². The fraction of sp³-hybridized carbons (Fsp3) is 1.00. The molecule has 0 aromatic heterocycles. The summed E-state index contributed by atoms with van der Waals surface area (Å²) in [6.45, 7) is 16.1. The van der Waals surface area contributed by atoms with Gasteiger partial charge in [0.05, 0.1) is 64.8 Å². The highest BCUT2D eigenvalue weighted by atomic mass is 32.3.